The normalized spacial score (nSPS) is 23.7. The lowest BCUT2D eigenvalue weighted by molar-refractivity contribution is -0.147. The maximum absolute atomic E-state index is 13.5. The van der Waals surface area contributed by atoms with Crippen molar-refractivity contribution < 1.29 is 29.0 Å². The highest BCUT2D eigenvalue weighted by atomic mass is 35.5. The summed E-state index contributed by atoms with van der Waals surface area (Å²) in [7, 11) is 0. The van der Waals surface area contributed by atoms with Crippen LogP contribution < -0.4 is 4.90 Å². The van der Waals surface area contributed by atoms with Crippen molar-refractivity contribution in [3.63, 3.8) is 0 Å². The van der Waals surface area contributed by atoms with Crippen LogP contribution in [0, 0.1) is 11.8 Å². The molecule has 2 amide bonds. The van der Waals surface area contributed by atoms with E-state index in [4.69, 9.17) is 16.3 Å². The molecule has 3 aliphatic rings. The number of hydrogen-bond acceptors (Lipinski definition) is 7. The average molecular weight is 465 g/mol. The molecule has 1 fully saturated rings. The molecule has 0 bridgehead atoms. The number of halogens is 1. The number of aliphatic imine (C=N–C) groups is 1. The Morgan fingerprint density at radius 2 is 1.73 bits per heavy atom. The number of amides is 2. The largest absolute Gasteiger partial charge is 0.506 e. The van der Waals surface area contributed by atoms with Crippen LogP contribution in [0.4, 0.5) is 5.69 Å². The standard InChI is InChI=1S/C24H17ClN2O6/c1-2-33-24(32)19-16-15(22(30)27(23(16)31)12-9-7-11(25)8-10-12)18(26-19)17-20(28)13-5-3-4-6-14(13)21(17)29/h3-10,15-16,19,28H,2H2,1H3/t15-,16+,19+/m0/s1. The Balaban J connectivity index is 1.63. The van der Waals surface area contributed by atoms with Crippen LogP contribution in [0.2, 0.25) is 5.02 Å². The van der Waals surface area contributed by atoms with Gasteiger partial charge >= 0.3 is 5.97 Å². The van der Waals surface area contributed by atoms with Crippen molar-refractivity contribution in [3.05, 3.63) is 70.3 Å². The van der Waals surface area contributed by atoms with E-state index < -0.39 is 41.4 Å². The van der Waals surface area contributed by atoms with E-state index in [2.05, 4.69) is 4.99 Å². The summed E-state index contributed by atoms with van der Waals surface area (Å²) in [4.78, 5) is 57.9. The molecule has 1 saturated heterocycles. The SMILES string of the molecule is CCOC(=O)[C@@H]1N=C(C2=C(O)c3ccccc3C2=O)[C@H]2C(=O)N(c3ccc(Cl)cc3)C(=O)[C@H]21. The van der Waals surface area contributed by atoms with E-state index in [1.165, 1.54) is 24.3 Å². The summed E-state index contributed by atoms with van der Waals surface area (Å²) in [5.41, 5.74) is 0.603. The molecule has 2 aromatic rings. The molecule has 2 aromatic carbocycles. The third-order valence-electron chi connectivity index (χ3n) is 6.02. The zero-order chi connectivity index (χ0) is 23.4. The van der Waals surface area contributed by atoms with Crippen LogP contribution in [0.15, 0.2) is 59.1 Å². The molecule has 8 nitrogen and oxygen atoms in total. The minimum Gasteiger partial charge on any atom is -0.506 e. The van der Waals surface area contributed by atoms with Gasteiger partial charge in [0.1, 0.15) is 5.76 Å². The number of esters is 1. The van der Waals surface area contributed by atoms with E-state index >= 15 is 0 Å². The van der Waals surface area contributed by atoms with Gasteiger partial charge in [0, 0.05) is 16.1 Å². The molecule has 1 N–H and O–H groups in total. The van der Waals surface area contributed by atoms with Gasteiger partial charge in [0.25, 0.3) is 0 Å². The first-order valence-electron chi connectivity index (χ1n) is 10.3. The van der Waals surface area contributed by atoms with Crippen LogP contribution in [0.25, 0.3) is 5.76 Å². The first kappa shape index (κ1) is 21.1. The lowest BCUT2D eigenvalue weighted by atomic mass is 9.85. The minimum atomic E-state index is -1.31. The highest BCUT2D eigenvalue weighted by molar-refractivity contribution is 6.43. The molecular formula is C24H17ClN2O6. The third-order valence-corrected chi connectivity index (χ3v) is 6.28. The number of benzene rings is 2. The molecular weight excluding hydrogens is 448 g/mol. The summed E-state index contributed by atoms with van der Waals surface area (Å²) in [6.45, 7) is 1.67. The summed E-state index contributed by atoms with van der Waals surface area (Å²) in [5, 5.41) is 11.2. The Hall–Kier alpha value is -3.78. The summed E-state index contributed by atoms with van der Waals surface area (Å²) in [5.74, 6) is -5.28. The topological polar surface area (TPSA) is 113 Å². The highest BCUT2D eigenvalue weighted by Gasteiger charge is 2.61. The van der Waals surface area contributed by atoms with E-state index in [0.717, 1.165) is 4.90 Å². The van der Waals surface area contributed by atoms with E-state index in [1.54, 1.807) is 31.2 Å². The Morgan fingerprint density at radius 3 is 2.36 bits per heavy atom. The summed E-state index contributed by atoms with van der Waals surface area (Å²) < 4.78 is 5.09. The number of carbonyl (C=O) groups excluding carboxylic acids is 4. The van der Waals surface area contributed by atoms with Gasteiger partial charge in [-0.3, -0.25) is 19.4 Å². The number of Topliss-reactive ketones (excluding diaryl/α,β-unsaturated/α-hetero) is 1. The number of carbonyl (C=O) groups is 4. The van der Waals surface area contributed by atoms with Gasteiger partial charge in [-0.2, -0.15) is 0 Å². The maximum Gasteiger partial charge on any atom is 0.331 e. The number of allylic oxidation sites excluding steroid dienone is 1. The van der Waals surface area contributed by atoms with Gasteiger partial charge in [-0.25, -0.2) is 9.69 Å². The highest BCUT2D eigenvalue weighted by Crippen LogP contribution is 2.44. The quantitative estimate of drug-likeness (QED) is 0.549. The van der Waals surface area contributed by atoms with Crippen molar-refractivity contribution >= 4 is 52.3 Å². The van der Waals surface area contributed by atoms with Gasteiger partial charge < -0.3 is 9.84 Å². The number of ketones is 1. The number of hydrogen-bond donors (Lipinski definition) is 1. The predicted molar refractivity (Wildman–Crippen MR) is 119 cm³/mol. The van der Waals surface area contributed by atoms with Gasteiger partial charge in [0.2, 0.25) is 11.8 Å². The average Bonchev–Trinajstić information content (AvgIpc) is 3.39. The second-order valence-corrected chi connectivity index (χ2v) is 8.24. The number of imide groups is 1. The lowest BCUT2D eigenvalue weighted by Gasteiger charge is -2.17. The van der Waals surface area contributed by atoms with Gasteiger partial charge in [-0.1, -0.05) is 35.9 Å². The zero-order valence-corrected chi connectivity index (χ0v) is 18.1. The first-order chi connectivity index (χ1) is 15.8. The molecule has 0 aromatic heterocycles. The van der Waals surface area contributed by atoms with Crippen molar-refractivity contribution in [3.8, 4) is 0 Å². The second kappa shape index (κ2) is 7.67. The van der Waals surface area contributed by atoms with Gasteiger partial charge in [0.05, 0.1) is 35.4 Å². The summed E-state index contributed by atoms with van der Waals surface area (Å²) >= 11 is 5.93. The number of nitrogens with zero attached hydrogens (tertiary/aromatic N) is 2. The summed E-state index contributed by atoms with van der Waals surface area (Å²) in [6, 6.07) is 11.2. The molecule has 0 unspecified atom stereocenters. The fraction of sp³-hybridized carbons (Fsp3) is 0.208. The van der Waals surface area contributed by atoms with Gasteiger partial charge in [0.15, 0.2) is 11.8 Å². The minimum absolute atomic E-state index is 0.0545. The van der Waals surface area contributed by atoms with E-state index in [-0.39, 0.29) is 34.9 Å². The van der Waals surface area contributed by atoms with Crippen molar-refractivity contribution in [2.45, 2.75) is 13.0 Å². The Kier molecular flexibility index (Phi) is 4.90. The van der Waals surface area contributed by atoms with Crippen LogP contribution in [-0.2, 0) is 19.1 Å². The molecule has 5 rings (SSSR count). The number of anilines is 1. The number of ether oxygens (including phenoxy) is 1. The maximum atomic E-state index is 13.5. The van der Waals surface area contributed by atoms with Crippen LogP contribution in [-0.4, -0.2) is 47.0 Å². The van der Waals surface area contributed by atoms with Crippen molar-refractivity contribution in [2.24, 2.45) is 16.8 Å². The zero-order valence-electron chi connectivity index (χ0n) is 17.3. The van der Waals surface area contributed by atoms with Crippen molar-refractivity contribution in [2.75, 3.05) is 11.5 Å². The molecule has 0 spiro atoms. The van der Waals surface area contributed by atoms with E-state index in [0.29, 0.717) is 10.6 Å². The molecule has 0 radical (unpaired) electrons. The Bertz CT molecular complexity index is 1300. The first-order valence-corrected chi connectivity index (χ1v) is 10.7. The molecule has 2 heterocycles. The molecule has 166 valence electrons. The smallest absolute Gasteiger partial charge is 0.331 e. The third kappa shape index (κ3) is 3.01. The monoisotopic (exact) mass is 464 g/mol. The Morgan fingerprint density at radius 1 is 1.06 bits per heavy atom. The predicted octanol–water partition coefficient (Wildman–Crippen LogP) is 3.00. The van der Waals surface area contributed by atoms with Gasteiger partial charge in [-0.15, -0.1) is 0 Å². The van der Waals surface area contributed by atoms with Crippen LogP contribution >= 0.6 is 11.6 Å². The number of aliphatic hydroxyl groups is 1. The number of fused-ring (bicyclic) bond motifs is 2. The second-order valence-electron chi connectivity index (χ2n) is 7.80. The molecule has 33 heavy (non-hydrogen) atoms. The molecule has 9 heteroatoms. The number of aliphatic hydroxyl groups excluding tert-OH is 1. The molecule has 2 aliphatic heterocycles. The van der Waals surface area contributed by atoms with E-state index in [1.807, 2.05) is 0 Å². The fourth-order valence-electron chi connectivity index (χ4n) is 4.60. The van der Waals surface area contributed by atoms with Crippen molar-refractivity contribution in [1.29, 1.82) is 0 Å². The summed E-state index contributed by atoms with van der Waals surface area (Å²) in [6.07, 6.45) is 0. The van der Waals surface area contributed by atoms with Crippen LogP contribution in [0.5, 0.6) is 0 Å². The molecule has 0 saturated carbocycles. The Labute approximate surface area is 193 Å². The van der Waals surface area contributed by atoms with Crippen molar-refractivity contribution in [1.82, 2.24) is 0 Å². The van der Waals surface area contributed by atoms with Crippen LogP contribution in [0.3, 0.4) is 0 Å². The van der Waals surface area contributed by atoms with Gasteiger partial charge in [-0.05, 0) is 31.2 Å². The molecule has 1 aliphatic carbocycles. The van der Waals surface area contributed by atoms with Crippen LogP contribution in [0.1, 0.15) is 22.8 Å². The van der Waals surface area contributed by atoms with E-state index in [9.17, 15) is 24.3 Å². The lowest BCUT2D eigenvalue weighted by Crippen LogP contribution is -2.36. The fourth-order valence-corrected chi connectivity index (χ4v) is 4.73. The number of rotatable bonds is 4. The molecule has 3 atom stereocenters.